The van der Waals surface area contributed by atoms with E-state index in [2.05, 4.69) is 38.2 Å². The first-order valence-electron chi connectivity index (χ1n) is 7.17. The zero-order valence-corrected chi connectivity index (χ0v) is 12.6. The van der Waals surface area contributed by atoms with E-state index in [1.54, 1.807) is 0 Å². The first-order chi connectivity index (χ1) is 8.69. The lowest BCUT2D eigenvalue weighted by Crippen LogP contribution is -2.33. The van der Waals surface area contributed by atoms with Crippen LogP contribution in [0.3, 0.4) is 0 Å². The molecule has 0 aromatic heterocycles. The van der Waals surface area contributed by atoms with Crippen LogP contribution >= 0.6 is 11.6 Å². The number of rotatable bonds is 8. The van der Waals surface area contributed by atoms with Crippen LogP contribution < -0.4 is 5.32 Å². The summed E-state index contributed by atoms with van der Waals surface area (Å²) in [6.45, 7) is 7.80. The van der Waals surface area contributed by atoms with Gasteiger partial charge in [0.1, 0.15) is 0 Å². The molecule has 0 radical (unpaired) electrons. The van der Waals surface area contributed by atoms with Crippen LogP contribution in [0.15, 0.2) is 24.3 Å². The van der Waals surface area contributed by atoms with E-state index in [9.17, 15) is 0 Å². The maximum absolute atomic E-state index is 5.92. The normalized spacial score (nSPS) is 12.9. The lowest BCUT2D eigenvalue weighted by Gasteiger charge is -2.23. The van der Waals surface area contributed by atoms with Crippen molar-refractivity contribution in [1.82, 2.24) is 5.32 Å². The van der Waals surface area contributed by atoms with E-state index in [0.29, 0.717) is 6.04 Å². The number of hydrogen-bond donors (Lipinski definition) is 1. The summed E-state index contributed by atoms with van der Waals surface area (Å²) in [4.78, 5) is 0. The molecule has 0 aliphatic carbocycles. The minimum absolute atomic E-state index is 0.584. The van der Waals surface area contributed by atoms with Crippen LogP contribution in [-0.2, 0) is 6.42 Å². The number of halogens is 1. The second-order valence-corrected chi connectivity index (χ2v) is 5.44. The van der Waals surface area contributed by atoms with Gasteiger partial charge in [-0.1, -0.05) is 57.3 Å². The summed E-state index contributed by atoms with van der Waals surface area (Å²) in [5.74, 6) is 0.835. The van der Waals surface area contributed by atoms with E-state index >= 15 is 0 Å². The van der Waals surface area contributed by atoms with Gasteiger partial charge in [-0.3, -0.25) is 0 Å². The van der Waals surface area contributed by atoms with Crippen molar-refractivity contribution in [3.05, 3.63) is 34.9 Å². The third kappa shape index (κ3) is 5.41. The topological polar surface area (TPSA) is 12.0 Å². The highest BCUT2D eigenvalue weighted by molar-refractivity contribution is 6.30. The minimum atomic E-state index is 0.584. The fraction of sp³-hybridized carbons (Fsp3) is 0.625. The molecule has 0 aliphatic heterocycles. The molecule has 0 spiro atoms. The van der Waals surface area contributed by atoms with Gasteiger partial charge in [0.25, 0.3) is 0 Å². The summed E-state index contributed by atoms with van der Waals surface area (Å²) in [5.41, 5.74) is 1.37. The summed E-state index contributed by atoms with van der Waals surface area (Å²) in [5, 5.41) is 4.43. The van der Waals surface area contributed by atoms with Crippen molar-refractivity contribution in [2.45, 2.75) is 52.5 Å². The molecule has 1 nitrogen and oxygen atoms in total. The van der Waals surface area contributed by atoms with E-state index in [4.69, 9.17) is 11.6 Å². The van der Waals surface area contributed by atoms with Crippen LogP contribution in [0.4, 0.5) is 0 Å². The van der Waals surface area contributed by atoms with Gasteiger partial charge in [0.15, 0.2) is 0 Å². The molecule has 1 aromatic carbocycles. The lowest BCUT2D eigenvalue weighted by atomic mass is 9.91. The van der Waals surface area contributed by atoms with E-state index < -0.39 is 0 Å². The fourth-order valence-corrected chi connectivity index (χ4v) is 2.58. The quantitative estimate of drug-likeness (QED) is 0.721. The van der Waals surface area contributed by atoms with Gasteiger partial charge < -0.3 is 5.32 Å². The fourth-order valence-electron chi connectivity index (χ4n) is 2.46. The van der Waals surface area contributed by atoms with Crippen molar-refractivity contribution in [2.24, 2.45) is 5.92 Å². The predicted molar refractivity (Wildman–Crippen MR) is 81.3 cm³/mol. The molecular weight excluding hydrogens is 242 g/mol. The Bertz CT molecular complexity index is 316. The summed E-state index contributed by atoms with van der Waals surface area (Å²) < 4.78 is 0. The van der Waals surface area contributed by atoms with Gasteiger partial charge in [-0.2, -0.15) is 0 Å². The molecule has 1 rings (SSSR count). The highest BCUT2D eigenvalue weighted by Crippen LogP contribution is 2.18. The smallest absolute Gasteiger partial charge is 0.0406 e. The third-order valence-electron chi connectivity index (χ3n) is 3.66. The molecule has 1 unspecified atom stereocenters. The Morgan fingerprint density at radius 1 is 1.06 bits per heavy atom. The van der Waals surface area contributed by atoms with Crippen LogP contribution in [0, 0.1) is 5.92 Å². The van der Waals surface area contributed by atoms with Crippen molar-refractivity contribution in [3.8, 4) is 0 Å². The van der Waals surface area contributed by atoms with Gasteiger partial charge in [0.05, 0.1) is 0 Å². The zero-order chi connectivity index (χ0) is 13.4. The summed E-state index contributed by atoms with van der Waals surface area (Å²) in [7, 11) is 0. The zero-order valence-electron chi connectivity index (χ0n) is 11.9. The molecule has 1 N–H and O–H groups in total. The monoisotopic (exact) mass is 267 g/mol. The maximum atomic E-state index is 5.92. The Kier molecular flexibility index (Phi) is 7.38. The Labute approximate surface area is 117 Å². The standard InChI is InChI=1S/C16H26ClN/c1-4-13(5-2)11-16(18-6-3)12-14-7-9-15(17)10-8-14/h7-10,13,16,18H,4-6,11-12H2,1-3H3. The van der Waals surface area contributed by atoms with E-state index in [-0.39, 0.29) is 0 Å². The van der Waals surface area contributed by atoms with Gasteiger partial charge in [0, 0.05) is 11.1 Å². The van der Waals surface area contributed by atoms with Crippen molar-refractivity contribution >= 4 is 11.6 Å². The number of nitrogens with one attached hydrogen (secondary N) is 1. The molecule has 0 fully saturated rings. The molecule has 0 amide bonds. The Hall–Kier alpha value is -0.530. The predicted octanol–water partition coefficient (Wildman–Crippen LogP) is 4.69. The molecule has 2 heteroatoms. The first-order valence-corrected chi connectivity index (χ1v) is 7.55. The highest BCUT2D eigenvalue weighted by Gasteiger charge is 2.13. The van der Waals surface area contributed by atoms with Crippen LogP contribution in [-0.4, -0.2) is 12.6 Å². The van der Waals surface area contributed by atoms with Gasteiger partial charge in [-0.25, -0.2) is 0 Å². The van der Waals surface area contributed by atoms with Crippen molar-refractivity contribution in [3.63, 3.8) is 0 Å². The van der Waals surface area contributed by atoms with Crippen molar-refractivity contribution in [2.75, 3.05) is 6.54 Å². The Morgan fingerprint density at radius 3 is 2.17 bits per heavy atom. The molecule has 102 valence electrons. The Balaban J connectivity index is 2.58. The third-order valence-corrected chi connectivity index (χ3v) is 3.91. The summed E-state index contributed by atoms with van der Waals surface area (Å²) >= 11 is 5.92. The van der Waals surface area contributed by atoms with Gasteiger partial charge >= 0.3 is 0 Å². The Morgan fingerprint density at radius 2 is 1.67 bits per heavy atom. The van der Waals surface area contributed by atoms with E-state index in [1.807, 2.05) is 12.1 Å². The molecule has 0 saturated heterocycles. The van der Waals surface area contributed by atoms with Crippen LogP contribution in [0.2, 0.25) is 5.02 Å². The van der Waals surface area contributed by atoms with E-state index in [0.717, 1.165) is 23.9 Å². The van der Waals surface area contributed by atoms with Gasteiger partial charge in [0.2, 0.25) is 0 Å². The average Bonchev–Trinajstić information content (AvgIpc) is 2.38. The number of likely N-dealkylation sites (N-methyl/N-ethyl adjacent to an activating group) is 1. The molecule has 0 bridgehead atoms. The number of benzene rings is 1. The molecule has 0 heterocycles. The summed E-state index contributed by atoms with van der Waals surface area (Å²) in [6, 6.07) is 8.83. The van der Waals surface area contributed by atoms with Crippen LogP contribution in [0.1, 0.15) is 45.6 Å². The second-order valence-electron chi connectivity index (χ2n) is 5.00. The molecular formula is C16H26ClN. The van der Waals surface area contributed by atoms with Gasteiger partial charge in [-0.15, -0.1) is 0 Å². The molecule has 1 aromatic rings. The van der Waals surface area contributed by atoms with Crippen LogP contribution in [0.5, 0.6) is 0 Å². The number of hydrogen-bond acceptors (Lipinski definition) is 1. The van der Waals surface area contributed by atoms with Crippen molar-refractivity contribution in [1.29, 1.82) is 0 Å². The van der Waals surface area contributed by atoms with Crippen LogP contribution in [0.25, 0.3) is 0 Å². The summed E-state index contributed by atoms with van der Waals surface area (Å²) in [6.07, 6.45) is 4.92. The van der Waals surface area contributed by atoms with E-state index in [1.165, 1.54) is 24.8 Å². The average molecular weight is 268 g/mol. The SMILES string of the molecule is CCNC(Cc1ccc(Cl)cc1)CC(CC)CC. The first kappa shape index (κ1) is 15.5. The lowest BCUT2D eigenvalue weighted by molar-refractivity contribution is 0.367. The molecule has 1 atom stereocenters. The van der Waals surface area contributed by atoms with Gasteiger partial charge in [-0.05, 0) is 43.0 Å². The molecule has 18 heavy (non-hydrogen) atoms. The molecule has 0 saturated carbocycles. The maximum Gasteiger partial charge on any atom is 0.0406 e. The largest absolute Gasteiger partial charge is 0.314 e. The molecule has 0 aliphatic rings. The highest BCUT2D eigenvalue weighted by atomic mass is 35.5. The minimum Gasteiger partial charge on any atom is -0.314 e. The van der Waals surface area contributed by atoms with Crippen molar-refractivity contribution < 1.29 is 0 Å². The second kappa shape index (κ2) is 8.55.